The van der Waals surface area contributed by atoms with E-state index >= 15 is 0 Å². The van der Waals surface area contributed by atoms with Gasteiger partial charge in [-0.05, 0) is 166 Å². The second kappa shape index (κ2) is 15.9. The fourth-order valence-corrected chi connectivity index (χ4v) is 12.7. The maximum absolute atomic E-state index is 2.49. The standard InChI is InChI=1S/C70H49N/c1-69(2)64-33-19-30-54(47-22-9-4-10-23-47)68(64)61-44-59(48-24-11-5-12-25-48)60(45-65(61)69)49-34-37-52(38-35-49)71(51-26-13-6-14-27-51)53-39-41-58-56-29-16-18-32-63(56)70(67(58)43-53)62-31-17-15-28-55(62)57-40-36-50(42-66(57)70)46-20-7-3-8-21-46/h3-45H,1-2H3. The van der Waals surface area contributed by atoms with Crippen LogP contribution in [0.4, 0.5) is 17.1 Å². The zero-order valence-electron chi connectivity index (χ0n) is 39.8. The monoisotopic (exact) mass is 903 g/mol. The Hall–Kier alpha value is -8.78. The van der Waals surface area contributed by atoms with Gasteiger partial charge in [0.25, 0.3) is 0 Å². The van der Waals surface area contributed by atoms with Crippen LogP contribution in [0.25, 0.3) is 77.9 Å². The summed E-state index contributed by atoms with van der Waals surface area (Å²) < 4.78 is 0. The van der Waals surface area contributed by atoms with Gasteiger partial charge in [-0.2, -0.15) is 0 Å². The van der Waals surface area contributed by atoms with Gasteiger partial charge in [-0.25, -0.2) is 0 Å². The molecule has 14 rings (SSSR count). The van der Waals surface area contributed by atoms with Crippen LogP contribution in [0.2, 0.25) is 0 Å². The van der Waals surface area contributed by atoms with E-state index < -0.39 is 5.41 Å². The highest BCUT2D eigenvalue weighted by Crippen LogP contribution is 2.64. The van der Waals surface area contributed by atoms with Crippen molar-refractivity contribution in [3.05, 3.63) is 294 Å². The highest BCUT2D eigenvalue weighted by molar-refractivity contribution is 6.00. The number of nitrogens with zero attached hydrogens (tertiary/aromatic N) is 1. The van der Waals surface area contributed by atoms with Crippen LogP contribution in [-0.2, 0) is 10.8 Å². The van der Waals surface area contributed by atoms with E-state index in [1.165, 1.54) is 111 Å². The maximum Gasteiger partial charge on any atom is 0.0726 e. The second-order valence-electron chi connectivity index (χ2n) is 19.9. The molecule has 11 aromatic rings. The molecule has 11 aromatic carbocycles. The lowest BCUT2D eigenvalue weighted by molar-refractivity contribution is 0.661. The molecule has 0 saturated carbocycles. The van der Waals surface area contributed by atoms with Crippen LogP contribution in [0.15, 0.2) is 261 Å². The van der Waals surface area contributed by atoms with E-state index in [0.29, 0.717) is 0 Å². The lowest BCUT2D eigenvalue weighted by atomic mass is 9.70. The van der Waals surface area contributed by atoms with Crippen molar-refractivity contribution in [1.82, 2.24) is 0 Å². The fraction of sp³-hybridized carbons (Fsp3) is 0.0571. The van der Waals surface area contributed by atoms with E-state index in [0.717, 1.165) is 17.1 Å². The van der Waals surface area contributed by atoms with Crippen molar-refractivity contribution in [2.45, 2.75) is 24.7 Å². The number of fused-ring (bicyclic) bond motifs is 13. The minimum atomic E-state index is -0.498. The molecule has 0 amide bonds. The SMILES string of the molecule is CC1(C)c2cc(-c3ccc(N(c4ccccc4)c4ccc5c(c4)C4(c6ccccc6-c6ccc(-c7ccccc7)cc64)c4ccccc4-5)cc3)c(-c3ccccc3)cc2-c2c(-c3ccccc3)cccc21. The molecule has 1 spiro atoms. The first-order valence-corrected chi connectivity index (χ1v) is 24.9. The number of benzene rings is 11. The average Bonchev–Trinajstić information content (AvgIpc) is 3.99. The van der Waals surface area contributed by atoms with Crippen LogP contribution in [0.3, 0.4) is 0 Å². The van der Waals surface area contributed by atoms with Crippen LogP contribution >= 0.6 is 0 Å². The van der Waals surface area contributed by atoms with Crippen LogP contribution in [-0.4, -0.2) is 0 Å². The van der Waals surface area contributed by atoms with Crippen LogP contribution in [0.1, 0.15) is 47.2 Å². The van der Waals surface area contributed by atoms with Crippen molar-refractivity contribution in [3.8, 4) is 77.9 Å². The molecular weight excluding hydrogens is 855 g/mol. The third-order valence-corrected chi connectivity index (χ3v) is 15.9. The number of anilines is 3. The van der Waals surface area contributed by atoms with Gasteiger partial charge in [-0.1, -0.05) is 220 Å². The Labute approximate surface area is 416 Å². The molecule has 0 fully saturated rings. The van der Waals surface area contributed by atoms with Gasteiger partial charge in [0.05, 0.1) is 5.41 Å². The lowest BCUT2D eigenvalue weighted by Crippen LogP contribution is -2.26. The quantitative estimate of drug-likeness (QED) is 0.154. The number of hydrogen-bond donors (Lipinski definition) is 0. The second-order valence-corrected chi connectivity index (χ2v) is 19.9. The lowest BCUT2D eigenvalue weighted by Gasteiger charge is -2.32. The van der Waals surface area contributed by atoms with E-state index in [1.807, 2.05) is 0 Å². The first kappa shape index (κ1) is 41.2. The smallest absolute Gasteiger partial charge is 0.0726 e. The molecule has 334 valence electrons. The highest BCUT2D eigenvalue weighted by atomic mass is 15.1. The number of rotatable bonds is 7. The maximum atomic E-state index is 2.49. The predicted molar refractivity (Wildman–Crippen MR) is 297 cm³/mol. The van der Waals surface area contributed by atoms with E-state index in [-0.39, 0.29) is 5.41 Å². The molecule has 0 aliphatic heterocycles. The molecule has 1 nitrogen and oxygen atoms in total. The van der Waals surface area contributed by atoms with Gasteiger partial charge < -0.3 is 4.90 Å². The Morgan fingerprint density at radius 3 is 1.32 bits per heavy atom. The third-order valence-electron chi connectivity index (χ3n) is 15.9. The summed E-state index contributed by atoms with van der Waals surface area (Å²) in [5.74, 6) is 0. The first-order chi connectivity index (χ1) is 35.0. The molecule has 3 aliphatic carbocycles. The zero-order chi connectivity index (χ0) is 47.3. The van der Waals surface area contributed by atoms with Gasteiger partial charge in [-0.15, -0.1) is 0 Å². The van der Waals surface area contributed by atoms with E-state index in [2.05, 4.69) is 280 Å². The van der Waals surface area contributed by atoms with Crippen molar-refractivity contribution in [1.29, 1.82) is 0 Å². The van der Waals surface area contributed by atoms with Crippen molar-refractivity contribution in [2.24, 2.45) is 0 Å². The van der Waals surface area contributed by atoms with E-state index in [1.54, 1.807) is 0 Å². The van der Waals surface area contributed by atoms with Crippen molar-refractivity contribution in [2.75, 3.05) is 4.90 Å². The average molecular weight is 904 g/mol. The summed E-state index contributed by atoms with van der Waals surface area (Å²) in [5.41, 5.74) is 28.4. The highest BCUT2D eigenvalue weighted by Gasteiger charge is 2.52. The van der Waals surface area contributed by atoms with Crippen molar-refractivity contribution < 1.29 is 0 Å². The minimum absolute atomic E-state index is 0.183. The minimum Gasteiger partial charge on any atom is -0.310 e. The molecular formula is C70H49N. The molecule has 71 heavy (non-hydrogen) atoms. The van der Waals surface area contributed by atoms with Gasteiger partial charge >= 0.3 is 0 Å². The topological polar surface area (TPSA) is 3.24 Å². The van der Waals surface area contributed by atoms with Crippen LogP contribution < -0.4 is 4.90 Å². The molecule has 0 saturated heterocycles. The Balaban J connectivity index is 0.934. The molecule has 0 N–H and O–H groups in total. The van der Waals surface area contributed by atoms with Crippen LogP contribution in [0, 0.1) is 0 Å². The molecule has 0 heterocycles. The number of hydrogen-bond acceptors (Lipinski definition) is 1. The predicted octanol–water partition coefficient (Wildman–Crippen LogP) is 18.5. The molecule has 1 atom stereocenters. The summed E-state index contributed by atoms with van der Waals surface area (Å²) in [5, 5.41) is 0. The Kier molecular flexibility index (Phi) is 9.22. The van der Waals surface area contributed by atoms with E-state index in [9.17, 15) is 0 Å². The molecule has 0 bridgehead atoms. The van der Waals surface area contributed by atoms with Gasteiger partial charge in [0, 0.05) is 22.5 Å². The summed E-state index contributed by atoms with van der Waals surface area (Å²) >= 11 is 0. The Morgan fingerprint density at radius 1 is 0.239 bits per heavy atom. The molecule has 0 aromatic heterocycles. The van der Waals surface area contributed by atoms with Gasteiger partial charge in [0.2, 0.25) is 0 Å². The fourth-order valence-electron chi connectivity index (χ4n) is 12.7. The van der Waals surface area contributed by atoms with E-state index in [4.69, 9.17) is 0 Å². The third kappa shape index (κ3) is 6.13. The van der Waals surface area contributed by atoms with Crippen LogP contribution in [0.5, 0.6) is 0 Å². The summed E-state index contributed by atoms with van der Waals surface area (Å²) in [4.78, 5) is 2.44. The summed E-state index contributed by atoms with van der Waals surface area (Å²) in [6.07, 6.45) is 0. The summed E-state index contributed by atoms with van der Waals surface area (Å²) in [6.45, 7) is 4.78. The Bertz CT molecular complexity index is 3860. The van der Waals surface area contributed by atoms with Gasteiger partial charge in [0.15, 0.2) is 0 Å². The molecule has 1 unspecified atom stereocenters. The molecule has 1 heteroatoms. The molecule has 0 radical (unpaired) electrons. The molecule has 3 aliphatic rings. The number of para-hydroxylation sites is 1. The largest absolute Gasteiger partial charge is 0.310 e. The van der Waals surface area contributed by atoms with Gasteiger partial charge in [0.1, 0.15) is 0 Å². The first-order valence-electron chi connectivity index (χ1n) is 24.9. The summed E-state index contributed by atoms with van der Waals surface area (Å²) in [6, 6.07) is 97.2. The van der Waals surface area contributed by atoms with Crippen molar-refractivity contribution in [3.63, 3.8) is 0 Å². The zero-order valence-corrected chi connectivity index (χ0v) is 39.8. The van der Waals surface area contributed by atoms with Crippen molar-refractivity contribution >= 4 is 17.1 Å². The Morgan fingerprint density at radius 2 is 0.676 bits per heavy atom. The normalized spacial score (nSPS) is 15.1. The van der Waals surface area contributed by atoms with Gasteiger partial charge in [-0.3, -0.25) is 0 Å². The summed E-state index contributed by atoms with van der Waals surface area (Å²) in [7, 11) is 0.